The zero-order valence-electron chi connectivity index (χ0n) is 11.2. The van der Waals surface area contributed by atoms with Gasteiger partial charge in [-0.25, -0.2) is 4.39 Å². The van der Waals surface area contributed by atoms with Crippen LogP contribution in [0.2, 0.25) is 0 Å². The van der Waals surface area contributed by atoms with Crippen molar-refractivity contribution >= 4 is 0 Å². The van der Waals surface area contributed by atoms with Crippen molar-refractivity contribution in [1.29, 1.82) is 0 Å². The van der Waals surface area contributed by atoms with Crippen LogP contribution in [0.15, 0.2) is 28.8 Å². The van der Waals surface area contributed by atoms with E-state index in [1.165, 1.54) is 12.1 Å². The number of hydrogen-bond acceptors (Lipinski definition) is 4. The maximum absolute atomic E-state index is 12.8. The summed E-state index contributed by atoms with van der Waals surface area (Å²) in [6.45, 7) is 2.14. The molecule has 0 fully saturated rings. The maximum atomic E-state index is 12.8. The van der Waals surface area contributed by atoms with Gasteiger partial charge in [0.25, 0.3) is 0 Å². The molecule has 0 saturated heterocycles. The second kappa shape index (κ2) is 6.43. The van der Waals surface area contributed by atoms with Gasteiger partial charge in [0.05, 0.1) is 0 Å². The van der Waals surface area contributed by atoms with E-state index < -0.39 is 0 Å². The molecule has 4 nitrogen and oxygen atoms in total. The topological polar surface area (TPSA) is 51.0 Å². The van der Waals surface area contributed by atoms with Gasteiger partial charge in [0.15, 0.2) is 0 Å². The van der Waals surface area contributed by atoms with E-state index in [0.29, 0.717) is 24.2 Å². The van der Waals surface area contributed by atoms with Crippen LogP contribution in [-0.2, 0) is 6.42 Å². The summed E-state index contributed by atoms with van der Waals surface area (Å²) < 4.78 is 18.1. The van der Waals surface area contributed by atoms with E-state index in [4.69, 9.17) is 4.52 Å². The number of nitrogens with zero attached hydrogens (tertiary/aromatic N) is 2. The van der Waals surface area contributed by atoms with Crippen molar-refractivity contribution in [3.05, 3.63) is 36.0 Å². The Labute approximate surface area is 112 Å². The number of halogens is 1. The number of aromatic nitrogens is 2. The van der Waals surface area contributed by atoms with E-state index in [2.05, 4.69) is 22.4 Å². The lowest BCUT2D eigenvalue weighted by atomic mass is 10.1. The Hall–Kier alpha value is -1.75. The van der Waals surface area contributed by atoms with Gasteiger partial charge in [-0.2, -0.15) is 4.98 Å². The fraction of sp³-hybridized carbons (Fsp3) is 0.429. The highest BCUT2D eigenvalue weighted by Gasteiger charge is 2.13. The van der Waals surface area contributed by atoms with Gasteiger partial charge in [0, 0.05) is 18.0 Å². The van der Waals surface area contributed by atoms with Gasteiger partial charge in [-0.15, -0.1) is 0 Å². The van der Waals surface area contributed by atoms with Gasteiger partial charge in [0.2, 0.25) is 11.7 Å². The first kappa shape index (κ1) is 13.7. The van der Waals surface area contributed by atoms with Crippen LogP contribution in [0.1, 0.15) is 25.7 Å². The summed E-state index contributed by atoms with van der Waals surface area (Å²) in [5, 5.41) is 7.16. The van der Waals surface area contributed by atoms with E-state index in [-0.39, 0.29) is 5.82 Å². The molecule has 102 valence electrons. The number of nitrogens with one attached hydrogen (secondary N) is 1. The molecule has 2 aromatic rings. The van der Waals surface area contributed by atoms with Crippen molar-refractivity contribution in [2.45, 2.75) is 32.2 Å². The summed E-state index contributed by atoms with van der Waals surface area (Å²) in [6, 6.07) is 6.40. The van der Waals surface area contributed by atoms with Gasteiger partial charge in [0.1, 0.15) is 5.82 Å². The molecule has 0 amide bonds. The molecule has 5 heteroatoms. The molecule has 0 spiro atoms. The van der Waals surface area contributed by atoms with Crippen LogP contribution < -0.4 is 5.32 Å². The summed E-state index contributed by atoms with van der Waals surface area (Å²) in [5.41, 5.74) is 0.757. The Morgan fingerprint density at radius 2 is 2.05 bits per heavy atom. The van der Waals surface area contributed by atoms with Crippen LogP contribution in [0.5, 0.6) is 0 Å². The molecule has 1 N–H and O–H groups in total. The molecule has 1 unspecified atom stereocenters. The smallest absolute Gasteiger partial charge is 0.228 e. The molecule has 0 bridgehead atoms. The van der Waals surface area contributed by atoms with Crippen LogP contribution in [0, 0.1) is 5.82 Å². The second-order valence-electron chi connectivity index (χ2n) is 4.50. The molecule has 0 aliphatic heterocycles. The first-order valence-corrected chi connectivity index (χ1v) is 6.48. The highest BCUT2D eigenvalue weighted by Crippen LogP contribution is 2.17. The molecule has 1 heterocycles. The van der Waals surface area contributed by atoms with E-state index in [1.807, 2.05) is 7.05 Å². The van der Waals surface area contributed by atoms with Crippen molar-refractivity contribution in [2.75, 3.05) is 7.05 Å². The summed E-state index contributed by atoms with van der Waals surface area (Å²) in [5.74, 6) is 0.833. The third kappa shape index (κ3) is 3.61. The van der Waals surface area contributed by atoms with Crippen LogP contribution in [0.25, 0.3) is 11.4 Å². The van der Waals surface area contributed by atoms with Crippen molar-refractivity contribution in [3.8, 4) is 11.4 Å². The predicted octanol–water partition coefficient (Wildman–Crippen LogP) is 2.81. The minimum Gasteiger partial charge on any atom is -0.339 e. The highest BCUT2D eigenvalue weighted by atomic mass is 19.1. The van der Waals surface area contributed by atoms with Crippen LogP contribution in [-0.4, -0.2) is 23.2 Å². The van der Waals surface area contributed by atoms with Crippen molar-refractivity contribution in [3.63, 3.8) is 0 Å². The van der Waals surface area contributed by atoms with Crippen molar-refractivity contribution < 1.29 is 8.91 Å². The minimum atomic E-state index is -0.273. The Balaban J connectivity index is 2.08. The molecule has 0 aliphatic carbocycles. The summed E-state index contributed by atoms with van der Waals surface area (Å²) in [6.07, 6.45) is 2.87. The number of likely N-dealkylation sites (N-methyl/N-ethyl adjacent to an activating group) is 1. The lowest BCUT2D eigenvalue weighted by Gasteiger charge is -2.11. The molecule has 0 aliphatic rings. The fourth-order valence-corrected chi connectivity index (χ4v) is 1.96. The Kier molecular flexibility index (Phi) is 4.63. The zero-order chi connectivity index (χ0) is 13.7. The van der Waals surface area contributed by atoms with Gasteiger partial charge in [-0.1, -0.05) is 18.5 Å². The van der Waals surface area contributed by atoms with Gasteiger partial charge >= 0.3 is 0 Å². The quantitative estimate of drug-likeness (QED) is 0.870. The summed E-state index contributed by atoms with van der Waals surface area (Å²) >= 11 is 0. The van der Waals surface area contributed by atoms with E-state index in [1.54, 1.807) is 12.1 Å². The SMILES string of the molecule is CCCC(Cc1nc(-c2ccc(F)cc2)no1)NC. The fourth-order valence-electron chi connectivity index (χ4n) is 1.96. The molecule has 0 radical (unpaired) electrons. The lowest BCUT2D eigenvalue weighted by molar-refractivity contribution is 0.356. The van der Waals surface area contributed by atoms with Crippen molar-refractivity contribution in [2.24, 2.45) is 0 Å². The third-order valence-electron chi connectivity index (χ3n) is 3.04. The molecule has 0 saturated carbocycles. The van der Waals surface area contributed by atoms with Crippen molar-refractivity contribution in [1.82, 2.24) is 15.5 Å². The molecule has 1 aromatic carbocycles. The summed E-state index contributed by atoms with van der Waals surface area (Å²) in [7, 11) is 1.93. The molecule has 19 heavy (non-hydrogen) atoms. The highest BCUT2D eigenvalue weighted by molar-refractivity contribution is 5.53. The monoisotopic (exact) mass is 263 g/mol. The first-order chi connectivity index (χ1) is 9.22. The maximum Gasteiger partial charge on any atom is 0.228 e. The minimum absolute atomic E-state index is 0.273. The molecule has 1 aromatic heterocycles. The van der Waals surface area contributed by atoms with Gasteiger partial charge in [-0.05, 0) is 37.7 Å². The van der Waals surface area contributed by atoms with Crippen LogP contribution >= 0.6 is 0 Å². The third-order valence-corrected chi connectivity index (χ3v) is 3.04. The van der Waals surface area contributed by atoms with Gasteiger partial charge < -0.3 is 9.84 Å². The van der Waals surface area contributed by atoms with E-state index in [0.717, 1.165) is 18.4 Å². The first-order valence-electron chi connectivity index (χ1n) is 6.48. The van der Waals surface area contributed by atoms with Crippen LogP contribution in [0.4, 0.5) is 4.39 Å². The number of benzene rings is 1. The molecule has 1 atom stereocenters. The normalized spacial score (nSPS) is 12.6. The Morgan fingerprint density at radius 3 is 2.68 bits per heavy atom. The standard InChI is InChI=1S/C14H18FN3O/c1-3-4-12(16-2)9-13-17-14(18-19-13)10-5-7-11(15)8-6-10/h5-8,12,16H,3-4,9H2,1-2H3. The van der Waals surface area contributed by atoms with Crippen LogP contribution in [0.3, 0.4) is 0 Å². The lowest BCUT2D eigenvalue weighted by Crippen LogP contribution is -2.27. The second-order valence-corrected chi connectivity index (χ2v) is 4.50. The van der Waals surface area contributed by atoms with E-state index in [9.17, 15) is 4.39 Å². The van der Waals surface area contributed by atoms with E-state index >= 15 is 0 Å². The average Bonchev–Trinajstić information content (AvgIpc) is 2.87. The molecular weight excluding hydrogens is 245 g/mol. The Bertz CT molecular complexity index is 510. The largest absolute Gasteiger partial charge is 0.339 e. The Morgan fingerprint density at radius 1 is 1.32 bits per heavy atom. The number of hydrogen-bond donors (Lipinski definition) is 1. The predicted molar refractivity (Wildman–Crippen MR) is 71.2 cm³/mol. The molecule has 2 rings (SSSR count). The average molecular weight is 263 g/mol. The number of rotatable bonds is 6. The zero-order valence-corrected chi connectivity index (χ0v) is 11.2. The molecular formula is C14H18FN3O. The van der Waals surface area contributed by atoms with Gasteiger partial charge in [-0.3, -0.25) is 0 Å². The summed E-state index contributed by atoms with van der Waals surface area (Å²) in [4.78, 5) is 4.34.